The molecule has 108 valence electrons. The molecule has 0 aliphatic heterocycles. The number of aromatic nitrogens is 2. The Balaban J connectivity index is 2.25. The number of aryl methyl sites for hydroxylation is 1. The van der Waals surface area contributed by atoms with E-state index in [4.69, 9.17) is 0 Å². The minimum Gasteiger partial charge on any atom is -0.339 e. The van der Waals surface area contributed by atoms with Crippen LogP contribution in [0.25, 0.3) is 0 Å². The number of hydrogen-bond donors (Lipinski definition) is 2. The van der Waals surface area contributed by atoms with Crippen molar-refractivity contribution in [3.63, 3.8) is 0 Å². The molecule has 1 heterocycles. The van der Waals surface area contributed by atoms with Gasteiger partial charge in [-0.15, -0.1) is 0 Å². The largest absolute Gasteiger partial charge is 0.339 e. The first kappa shape index (κ1) is 14.5. The molecule has 0 aliphatic carbocycles. The number of benzene rings is 1. The van der Waals surface area contributed by atoms with Crippen molar-refractivity contribution in [1.29, 1.82) is 0 Å². The highest BCUT2D eigenvalue weighted by Gasteiger charge is 2.18. The SMILES string of the molecule is CCNCc1ccccc1NS(=O)(=O)c1cn(C)cn1. The molecule has 0 spiro atoms. The molecule has 20 heavy (non-hydrogen) atoms. The second-order valence-corrected chi connectivity index (χ2v) is 6.05. The molecule has 0 aliphatic rings. The van der Waals surface area contributed by atoms with Crippen LogP contribution in [0.1, 0.15) is 12.5 Å². The molecule has 7 heteroatoms. The molecular formula is C13H18N4O2S. The van der Waals surface area contributed by atoms with Crippen molar-refractivity contribution in [1.82, 2.24) is 14.9 Å². The summed E-state index contributed by atoms with van der Waals surface area (Å²) in [6.07, 6.45) is 2.92. The summed E-state index contributed by atoms with van der Waals surface area (Å²) in [5, 5.41) is 3.19. The van der Waals surface area contributed by atoms with Crippen LogP contribution in [0, 0.1) is 0 Å². The summed E-state index contributed by atoms with van der Waals surface area (Å²) in [5.41, 5.74) is 1.47. The average Bonchev–Trinajstić information content (AvgIpc) is 2.85. The van der Waals surface area contributed by atoms with Crippen LogP contribution in [0.15, 0.2) is 41.8 Å². The molecule has 0 saturated carbocycles. The van der Waals surface area contributed by atoms with E-state index in [0.29, 0.717) is 12.2 Å². The van der Waals surface area contributed by atoms with Crippen molar-refractivity contribution in [2.45, 2.75) is 18.5 Å². The minimum atomic E-state index is -3.65. The summed E-state index contributed by atoms with van der Waals surface area (Å²) in [7, 11) is -1.92. The minimum absolute atomic E-state index is 0.0123. The second-order valence-electron chi connectivity index (χ2n) is 4.42. The Kier molecular flexibility index (Phi) is 4.41. The quantitative estimate of drug-likeness (QED) is 0.843. The molecule has 0 fully saturated rings. The highest BCUT2D eigenvalue weighted by molar-refractivity contribution is 7.92. The molecule has 0 saturated heterocycles. The molecule has 0 bridgehead atoms. The Morgan fingerprint density at radius 3 is 2.70 bits per heavy atom. The van der Waals surface area contributed by atoms with Crippen molar-refractivity contribution < 1.29 is 8.42 Å². The Bertz CT molecular complexity index is 679. The average molecular weight is 294 g/mol. The van der Waals surface area contributed by atoms with Crippen LogP contribution >= 0.6 is 0 Å². The van der Waals surface area contributed by atoms with E-state index in [1.807, 2.05) is 19.1 Å². The number of sulfonamides is 1. The lowest BCUT2D eigenvalue weighted by molar-refractivity contribution is 0.598. The van der Waals surface area contributed by atoms with Gasteiger partial charge in [0.25, 0.3) is 10.0 Å². The maximum Gasteiger partial charge on any atom is 0.280 e. The Morgan fingerprint density at radius 1 is 1.30 bits per heavy atom. The van der Waals surface area contributed by atoms with Gasteiger partial charge in [0, 0.05) is 19.8 Å². The van der Waals surface area contributed by atoms with E-state index in [2.05, 4.69) is 15.0 Å². The zero-order valence-electron chi connectivity index (χ0n) is 11.5. The molecule has 0 radical (unpaired) electrons. The standard InChI is InChI=1S/C13H18N4O2S/c1-3-14-8-11-6-4-5-7-12(11)16-20(18,19)13-9-17(2)10-15-13/h4-7,9-10,14,16H,3,8H2,1-2H3. The number of rotatable bonds is 6. The maximum absolute atomic E-state index is 12.2. The van der Waals surface area contributed by atoms with Gasteiger partial charge in [0.15, 0.2) is 5.03 Å². The van der Waals surface area contributed by atoms with E-state index in [1.165, 1.54) is 12.5 Å². The van der Waals surface area contributed by atoms with Gasteiger partial charge in [-0.05, 0) is 18.2 Å². The summed E-state index contributed by atoms with van der Waals surface area (Å²) in [5.74, 6) is 0. The van der Waals surface area contributed by atoms with Crippen molar-refractivity contribution >= 4 is 15.7 Å². The van der Waals surface area contributed by atoms with Gasteiger partial charge < -0.3 is 9.88 Å². The van der Waals surface area contributed by atoms with Crippen LogP contribution in [-0.4, -0.2) is 24.5 Å². The van der Waals surface area contributed by atoms with Crippen molar-refractivity contribution in [3.05, 3.63) is 42.4 Å². The molecule has 0 atom stereocenters. The zero-order chi connectivity index (χ0) is 14.6. The number of para-hydroxylation sites is 1. The third-order valence-electron chi connectivity index (χ3n) is 2.78. The maximum atomic E-state index is 12.2. The van der Waals surface area contributed by atoms with Crippen LogP contribution in [0.3, 0.4) is 0 Å². The van der Waals surface area contributed by atoms with Gasteiger partial charge >= 0.3 is 0 Å². The van der Waals surface area contributed by atoms with E-state index in [-0.39, 0.29) is 5.03 Å². The summed E-state index contributed by atoms with van der Waals surface area (Å²) in [4.78, 5) is 3.87. The number of imidazole rings is 1. The lowest BCUT2D eigenvalue weighted by atomic mass is 10.2. The molecule has 0 amide bonds. The summed E-state index contributed by atoms with van der Waals surface area (Å²) in [6, 6.07) is 7.31. The van der Waals surface area contributed by atoms with Crippen LogP contribution in [-0.2, 0) is 23.6 Å². The summed E-state index contributed by atoms with van der Waals surface area (Å²) >= 11 is 0. The first-order valence-electron chi connectivity index (χ1n) is 6.32. The fraction of sp³-hybridized carbons (Fsp3) is 0.308. The first-order chi connectivity index (χ1) is 9.53. The molecular weight excluding hydrogens is 276 g/mol. The fourth-order valence-corrected chi connectivity index (χ4v) is 2.84. The molecule has 1 aromatic carbocycles. The lowest BCUT2D eigenvalue weighted by Gasteiger charge is -2.11. The monoisotopic (exact) mass is 294 g/mol. The van der Waals surface area contributed by atoms with Crippen LogP contribution in [0.4, 0.5) is 5.69 Å². The summed E-state index contributed by atoms with van der Waals surface area (Å²) in [6.45, 7) is 3.43. The van der Waals surface area contributed by atoms with Crippen molar-refractivity contribution in [3.8, 4) is 0 Å². The zero-order valence-corrected chi connectivity index (χ0v) is 12.3. The second kappa shape index (κ2) is 6.06. The van der Waals surface area contributed by atoms with E-state index in [1.54, 1.807) is 23.7 Å². The fourth-order valence-electron chi connectivity index (χ4n) is 1.76. The number of nitrogens with zero attached hydrogens (tertiary/aromatic N) is 2. The summed E-state index contributed by atoms with van der Waals surface area (Å²) < 4.78 is 28.6. The smallest absolute Gasteiger partial charge is 0.280 e. The number of nitrogens with one attached hydrogen (secondary N) is 2. The van der Waals surface area contributed by atoms with Crippen LogP contribution in [0.2, 0.25) is 0 Å². The highest BCUT2D eigenvalue weighted by atomic mass is 32.2. The van der Waals surface area contributed by atoms with E-state index >= 15 is 0 Å². The third-order valence-corrected chi connectivity index (χ3v) is 4.03. The molecule has 1 aromatic heterocycles. The number of hydrogen-bond acceptors (Lipinski definition) is 4. The Morgan fingerprint density at radius 2 is 2.05 bits per heavy atom. The van der Waals surface area contributed by atoms with Gasteiger partial charge in [0.2, 0.25) is 0 Å². The van der Waals surface area contributed by atoms with Gasteiger partial charge in [-0.1, -0.05) is 25.1 Å². The highest BCUT2D eigenvalue weighted by Crippen LogP contribution is 2.19. The van der Waals surface area contributed by atoms with Crippen LogP contribution < -0.4 is 10.0 Å². The molecule has 6 nitrogen and oxygen atoms in total. The normalized spacial score (nSPS) is 11.5. The van der Waals surface area contributed by atoms with E-state index < -0.39 is 10.0 Å². The Hall–Kier alpha value is -1.86. The van der Waals surface area contributed by atoms with Crippen molar-refractivity contribution in [2.75, 3.05) is 11.3 Å². The van der Waals surface area contributed by atoms with E-state index in [9.17, 15) is 8.42 Å². The molecule has 2 rings (SSSR count). The van der Waals surface area contributed by atoms with Gasteiger partial charge in [0.1, 0.15) is 0 Å². The van der Waals surface area contributed by atoms with Crippen LogP contribution in [0.5, 0.6) is 0 Å². The Labute approximate surface area is 118 Å². The van der Waals surface area contributed by atoms with Gasteiger partial charge in [-0.2, -0.15) is 8.42 Å². The van der Waals surface area contributed by atoms with E-state index in [0.717, 1.165) is 12.1 Å². The third kappa shape index (κ3) is 3.37. The molecule has 0 unspecified atom stereocenters. The topological polar surface area (TPSA) is 76.0 Å². The predicted octanol–water partition coefficient (Wildman–Crippen LogP) is 1.33. The predicted molar refractivity (Wildman–Crippen MR) is 77.8 cm³/mol. The van der Waals surface area contributed by atoms with Gasteiger partial charge in [-0.3, -0.25) is 4.72 Å². The number of anilines is 1. The molecule has 2 N–H and O–H groups in total. The van der Waals surface area contributed by atoms with Crippen molar-refractivity contribution in [2.24, 2.45) is 7.05 Å². The first-order valence-corrected chi connectivity index (χ1v) is 7.80. The van der Waals surface area contributed by atoms with Gasteiger partial charge in [-0.25, -0.2) is 4.98 Å². The lowest BCUT2D eigenvalue weighted by Crippen LogP contribution is -2.17. The molecule has 2 aromatic rings. The van der Waals surface area contributed by atoms with Gasteiger partial charge in [0.05, 0.1) is 12.0 Å².